The van der Waals surface area contributed by atoms with Gasteiger partial charge in [0.25, 0.3) is 0 Å². The first-order valence-corrected chi connectivity index (χ1v) is 9.51. The molecule has 0 bridgehead atoms. The molecule has 0 aliphatic carbocycles. The topological polar surface area (TPSA) is 48.1 Å². The van der Waals surface area contributed by atoms with Crippen molar-refractivity contribution in [2.45, 2.75) is 33.6 Å². The summed E-state index contributed by atoms with van der Waals surface area (Å²) in [5.74, 6) is 1.77. The minimum absolute atomic E-state index is 0.622. The summed E-state index contributed by atoms with van der Waals surface area (Å²) in [6, 6.07) is 12.1. The highest BCUT2D eigenvalue weighted by Crippen LogP contribution is 2.18. The first-order valence-electron chi connectivity index (χ1n) is 9.10. The van der Waals surface area contributed by atoms with Crippen molar-refractivity contribution >= 4 is 12.2 Å². The van der Waals surface area contributed by atoms with Gasteiger partial charge in [-0.15, -0.1) is 0 Å². The Morgan fingerprint density at radius 1 is 1.07 bits per heavy atom. The number of rotatable bonds is 8. The largest absolute Gasteiger partial charge is 0.494 e. The zero-order valence-corrected chi connectivity index (χ0v) is 16.8. The lowest BCUT2D eigenvalue weighted by Gasteiger charge is -2.16. The van der Waals surface area contributed by atoms with Crippen LogP contribution in [0.5, 0.6) is 5.75 Å². The molecule has 0 amide bonds. The SMILES string of the molecule is CCOc1ccc(CN(C)Cn2nc(-c3ccncc3)n(CC)c2=S)cc1. The summed E-state index contributed by atoms with van der Waals surface area (Å²) in [6.07, 6.45) is 3.55. The average molecular weight is 384 g/mol. The number of ether oxygens (including phenoxy) is 1. The van der Waals surface area contributed by atoms with E-state index in [4.69, 9.17) is 22.1 Å². The zero-order chi connectivity index (χ0) is 19.2. The van der Waals surface area contributed by atoms with Crippen LogP contribution in [0, 0.1) is 4.77 Å². The van der Waals surface area contributed by atoms with Crippen LogP contribution in [0.15, 0.2) is 48.8 Å². The van der Waals surface area contributed by atoms with Gasteiger partial charge in [0.05, 0.1) is 13.3 Å². The molecule has 1 aromatic carbocycles. The van der Waals surface area contributed by atoms with Crippen molar-refractivity contribution in [2.75, 3.05) is 13.7 Å². The third-order valence-electron chi connectivity index (χ3n) is 4.24. The fourth-order valence-electron chi connectivity index (χ4n) is 2.98. The molecule has 142 valence electrons. The predicted octanol–water partition coefficient (Wildman–Crippen LogP) is 3.98. The summed E-state index contributed by atoms with van der Waals surface area (Å²) in [5.41, 5.74) is 2.24. The Balaban J connectivity index is 1.75. The third-order valence-corrected chi connectivity index (χ3v) is 4.67. The van der Waals surface area contributed by atoms with E-state index in [-0.39, 0.29) is 0 Å². The predicted molar refractivity (Wildman–Crippen MR) is 109 cm³/mol. The Hall–Kier alpha value is -2.51. The molecule has 2 aromatic heterocycles. The first-order chi connectivity index (χ1) is 13.1. The lowest BCUT2D eigenvalue weighted by atomic mass is 10.2. The second-order valence-electron chi connectivity index (χ2n) is 6.32. The maximum absolute atomic E-state index is 5.65. The maximum Gasteiger partial charge on any atom is 0.199 e. The average Bonchev–Trinajstić information content (AvgIpc) is 2.99. The van der Waals surface area contributed by atoms with E-state index in [0.29, 0.717) is 13.3 Å². The fraction of sp³-hybridized carbons (Fsp3) is 0.350. The molecule has 0 aliphatic rings. The monoisotopic (exact) mass is 383 g/mol. The van der Waals surface area contributed by atoms with Gasteiger partial charge in [-0.3, -0.25) is 9.88 Å². The third kappa shape index (κ3) is 4.61. The highest BCUT2D eigenvalue weighted by atomic mass is 32.1. The van der Waals surface area contributed by atoms with E-state index in [1.165, 1.54) is 5.56 Å². The van der Waals surface area contributed by atoms with Gasteiger partial charge in [-0.1, -0.05) is 12.1 Å². The molecule has 6 nitrogen and oxygen atoms in total. The summed E-state index contributed by atoms with van der Waals surface area (Å²) in [6.45, 7) is 6.95. The number of pyridine rings is 1. The van der Waals surface area contributed by atoms with Gasteiger partial charge in [0, 0.05) is 31.0 Å². The first kappa shape index (κ1) is 19.3. The molecule has 0 spiro atoms. The van der Waals surface area contributed by atoms with Crippen molar-refractivity contribution in [1.29, 1.82) is 0 Å². The molecular formula is C20H25N5OS. The summed E-state index contributed by atoms with van der Waals surface area (Å²) < 4.78 is 10.2. The zero-order valence-electron chi connectivity index (χ0n) is 16.0. The molecule has 0 saturated carbocycles. The van der Waals surface area contributed by atoms with E-state index in [9.17, 15) is 0 Å². The summed E-state index contributed by atoms with van der Waals surface area (Å²) >= 11 is 5.65. The second-order valence-corrected chi connectivity index (χ2v) is 6.68. The van der Waals surface area contributed by atoms with Gasteiger partial charge in [-0.25, -0.2) is 4.68 Å². The molecule has 0 fully saturated rings. The Labute approximate surface area is 165 Å². The van der Waals surface area contributed by atoms with Crippen molar-refractivity contribution in [3.05, 3.63) is 59.1 Å². The molecule has 0 N–H and O–H groups in total. The van der Waals surface area contributed by atoms with Gasteiger partial charge in [-0.2, -0.15) is 5.10 Å². The number of benzene rings is 1. The summed E-state index contributed by atoms with van der Waals surface area (Å²) in [7, 11) is 2.06. The van der Waals surface area contributed by atoms with Crippen LogP contribution in [0.1, 0.15) is 19.4 Å². The van der Waals surface area contributed by atoms with E-state index >= 15 is 0 Å². The minimum Gasteiger partial charge on any atom is -0.494 e. The number of hydrogen-bond donors (Lipinski definition) is 0. The van der Waals surface area contributed by atoms with Crippen LogP contribution >= 0.6 is 12.2 Å². The lowest BCUT2D eigenvalue weighted by Crippen LogP contribution is -2.22. The second kappa shape index (κ2) is 8.92. The van der Waals surface area contributed by atoms with Crippen molar-refractivity contribution in [2.24, 2.45) is 0 Å². The van der Waals surface area contributed by atoms with Gasteiger partial charge in [0.2, 0.25) is 0 Å². The number of hydrogen-bond acceptors (Lipinski definition) is 5. The fourth-order valence-corrected chi connectivity index (χ4v) is 3.29. The van der Waals surface area contributed by atoms with Gasteiger partial charge < -0.3 is 9.30 Å². The van der Waals surface area contributed by atoms with Crippen LogP contribution in [0.25, 0.3) is 11.4 Å². The van der Waals surface area contributed by atoms with Crippen LogP contribution < -0.4 is 4.74 Å². The minimum atomic E-state index is 0.622. The Kier molecular flexibility index (Phi) is 6.36. The van der Waals surface area contributed by atoms with Crippen LogP contribution in [0.4, 0.5) is 0 Å². The van der Waals surface area contributed by atoms with E-state index in [1.54, 1.807) is 12.4 Å². The highest BCUT2D eigenvalue weighted by Gasteiger charge is 2.13. The van der Waals surface area contributed by atoms with Crippen molar-refractivity contribution in [1.82, 2.24) is 24.2 Å². The summed E-state index contributed by atoms with van der Waals surface area (Å²) in [4.78, 5) is 6.27. The van der Waals surface area contributed by atoms with Crippen molar-refractivity contribution in [3.63, 3.8) is 0 Å². The molecular weight excluding hydrogens is 358 g/mol. The van der Waals surface area contributed by atoms with Crippen molar-refractivity contribution in [3.8, 4) is 17.1 Å². The molecule has 27 heavy (non-hydrogen) atoms. The molecule has 0 aliphatic heterocycles. The van der Waals surface area contributed by atoms with Gasteiger partial charge in [0.1, 0.15) is 5.75 Å². The standard InChI is InChI=1S/C20H25N5OS/c1-4-24-19(17-10-12-21-13-11-17)22-25(20(24)27)15-23(3)14-16-6-8-18(9-7-16)26-5-2/h6-13H,4-5,14-15H2,1-3H3. The Bertz CT molecular complexity index is 918. The van der Waals surface area contributed by atoms with Gasteiger partial charge in [-0.05, 0) is 62.9 Å². The number of aromatic nitrogens is 4. The number of nitrogens with zero attached hydrogens (tertiary/aromatic N) is 5. The molecule has 0 unspecified atom stereocenters. The van der Waals surface area contributed by atoms with Crippen LogP contribution in [-0.4, -0.2) is 37.9 Å². The Morgan fingerprint density at radius 2 is 1.78 bits per heavy atom. The highest BCUT2D eigenvalue weighted by molar-refractivity contribution is 7.71. The van der Waals surface area contributed by atoms with E-state index < -0.39 is 0 Å². The van der Waals surface area contributed by atoms with Crippen molar-refractivity contribution < 1.29 is 4.74 Å². The normalized spacial score (nSPS) is 11.1. The Morgan fingerprint density at radius 3 is 2.41 bits per heavy atom. The maximum atomic E-state index is 5.65. The molecule has 7 heteroatoms. The van der Waals surface area contributed by atoms with Crippen LogP contribution in [0.2, 0.25) is 0 Å². The lowest BCUT2D eigenvalue weighted by molar-refractivity contribution is 0.243. The molecule has 0 saturated heterocycles. The molecule has 3 aromatic rings. The molecule has 0 atom stereocenters. The van der Waals surface area contributed by atoms with Gasteiger partial charge >= 0.3 is 0 Å². The van der Waals surface area contributed by atoms with E-state index in [1.807, 2.05) is 35.9 Å². The quantitative estimate of drug-likeness (QED) is 0.551. The molecule has 0 radical (unpaired) electrons. The van der Waals surface area contributed by atoms with E-state index in [0.717, 1.165) is 35.0 Å². The molecule has 3 rings (SSSR count). The smallest absolute Gasteiger partial charge is 0.199 e. The van der Waals surface area contributed by atoms with Crippen LogP contribution in [0.3, 0.4) is 0 Å². The van der Waals surface area contributed by atoms with E-state index in [2.05, 4.69) is 40.6 Å². The molecule has 2 heterocycles. The summed E-state index contributed by atoms with van der Waals surface area (Å²) in [5, 5.41) is 4.76. The van der Waals surface area contributed by atoms with Crippen LogP contribution in [-0.2, 0) is 19.8 Å². The van der Waals surface area contributed by atoms with Gasteiger partial charge in [0.15, 0.2) is 10.6 Å².